The third-order valence-corrected chi connectivity index (χ3v) is 4.45. The molecule has 0 aliphatic heterocycles. The van der Waals surface area contributed by atoms with Crippen LogP contribution in [0.2, 0.25) is 0 Å². The molecule has 1 aliphatic carbocycles. The first kappa shape index (κ1) is 14.8. The topological polar surface area (TPSA) is 39.2 Å². The van der Waals surface area contributed by atoms with Crippen molar-refractivity contribution in [3.63, 3.8) is 0 Å². The minimum atomic E-state index is -0.304. The number of carbonyl (C=O) groups is 1. The average Bonchev–Trinajstić information content (AvgIpc) is 2.80. The van der Waals surface area contributed by atoms with Crippen molar-refractivity contribution in [1.82, 2.24) is 4.98 Å². The number of hydrogen-bond donors (Lipinski definition) is 0. The molecule has 22 heavy (non-hydrogen) atoms. The van der Waals surface area contributed by atoms with Gasteiger partial charge in [-0.15, -0.1) is 0 Å². The Morgan fingerprint density at radius 2 is 1.91 bits per heavy atom. The van der Waals surface area contributed by atoms with Gasteiger partial charge in [0, 0.05) is 17.2 Å². The highest BCUT2D eigenvalue weighted by Crippen LogP contribution is 2.52. The molecule has 3 heteroatoms. The van der Waals surface area contributed by atoms with E-state index in [0.717, 1.165) is 29.7 Å². The summed E-state index contributed by atoms with van der Waals surface area (Å²) < 4.78 is 5.25. The van der Waals surface area contributed by atoms with Crippen LogP contribution in [-0.4, -0.2) is 17.6 Å². The van der Waals surface area contributed by atoms with Crippen LogP contribution in [0.4, 0.5) is 0 Å². The van der Waals surface area contributed by atoms with Crippen LogP contribution < -0.4 is 0 Å². The lowest BCUT2D eigenvalue weighted by atomic mass is 9.72. The molecule has 2 aromatic rings. The Kier molecular flexibility index (Phi) is 3.97. The highest BCUT2D eigenvalue weighted by molar-refractivity contribution is 5.82. The van der Waals surface area contributed by atoms with E-state index in [-0.39, 0.29) is 11.4 Å². The van der Waals surface area contributed by atoms with Gasteiger partial charge in [-0.25, -0.2) is 0 Å². The third-order valence-electron chi connectivity index (χ3n) is 4.45. The number of nitrogens with zero attached hydrogens (tertiary/aromatic N) is 1. The molecule has 0 N–H and O–H groups in total. The van der Waals surface area contributed by atoms with Crippen molar-refractivity contribution in [3.8, 4) is 11.3 Å². The molecule has 3 rings (SSSR count). The van der Waals surface area contributed by atoms with E-state index >= 15 is 0 Å². The first-order valence-corrected chi connectivity index (χ1v) is 7.94. The number of aromatic nitrogens is 1. The van der Waals surface area contributed by atoms with Crippen molar-refractivity contribution in [2.24, 2.45) is 0 Å². The minimum Gasteiger partial charge on any atom is -0.466 e. The summed E-state index contributed by atoms with van der Waals surface area (Å²) in [6.07, 6.45) is 4.12. The van der Waals surface area contributed by atoms with E-state index in [0.29, 0.717) is 13.0 Å². The lowest BCUT2D eigenvalue weighted by Crippen LogP contribution is -2.29. The molecule has 0 radical (unpaired) electrons. The molecular weight excluding hydrogens is 274 g/mol. The van der Waals surface area contributed by atoms with Gasteiger partial charge in [0.15, 0.2) is 0 Å². The second kappa shape index (κ2) is 5.91. The first-order valence-electron chi connectivity index (χ1n) is 7.94. The van der Waals surface area contributed by atoms with Crippen molar-refractivity contribution < 1.29 is 9.53 Å². The molecule has 1 atom stereocenters. The molecule has 0 amide bonds. The summed E-state index contributed by atoms with van der Waals surface area (Å²) in [6, 6.07) is 12.4. The molecule has 1 aromatic carbocycles. The fraction of sp³-hybridized carbons (Fsp3) is 0.368. The molecule has 0 saturated carbocycles. The molecule has 1 heterocycles. The maximum absolute atomic E-state index is 12.3. The summed E-state index contributed by atoms with van der Waals surface area (Å²) in [5, 5.41) is 0. The van der Waals surface area contributed by atoms with Crippen LogP contribution in [0.5, 0.6) is 0 Å². The predicted molar refractivity (Wildman–Crippen MR) is 86.6 cm³/mol. The largest absolute Gasteiger partial charge is 0.466 e. The third kappa shape index (κ3) is 2.21. The highest BCUT2D eigenvalue weighted by atomic mass is 16.5. The summed E-state index contributed by atoms with van der Waals surface area (Å²) >= 11 is 0. The Morgan fingerprint density at radius 3 is 2.68 bits per heavy atom. The van der Waals surface area contributed by atoms with E-state index in [1.807, 2.05) is 31.3 Å². The van der Waals surface area contributed by atoms with Crippen molar-refractivity contribution in [2.75, 3.05) is 6.61 Å². The van der Waals surface area contributed by atoms with Crippen molar-refractivity contribution in [3.05, 3.63) is 53.7 Å². The summed E-state index contributed by atoms with van der Waals surface area (Å²) in [6.45, 7) is 4.43. The summed E-state index contributed by atoms with van der Waals surface area (Å²) in [7, 11) is 0. The monoisotopic (exact) mass is 295 g/mol. The maximum Gasteiger partial charge on any atom is 0.307 e. The van der Waals surface area contributed by atoms with Crippen molar-refractivity contribution in [1.29, 1.82) is 0 Å². The summed E-state index contributed by atoms with van der Waals surface area (Å²) in [5.41, 5.74) is 4.22. The summed E-state index contributed by atoms with van der Waals surface area (Å²) in [4.78, 5) is 16.8. The SMILES string of the molecule is CCCC1(CC(=O)OCC)c2ccccc2-c2ncccc21. The lowest BCUT2D eigenvalue weighted by Gasteiger charge is -2.30. The Bertz CT molecular complexity index is 648. The minimum absolute atomic E-state index is 0.137. The Labute approximate surface area is 131 Å². The van der Waals surface area contributed by atoms with Crippen molar-refractivity contribution in [2.45, 2.75) is 38.5 Å². The molecule has 1 aliphatic rings. The van der Waals surface area contributed by atoms with E-state index in [1.54, 1.807) is 0 Å². The van der Waals surface area contributed by atoms with Crippen LogP contribution in [0, 0.1) is 0 Å². The highest BCUT2D eigenvalue weighted by Gasteiger charge is 2.44. The van der Waals surface area contributed by atoms with Gasteiger partial charge in [0.25, 0.3) is 0 Å². The molecule has 0 fully saturated rings. The van der Waals surface area contributed by atoms with Crippen LogP contribution in [0.25, 0.3) is 11.3 Å². The van der Waals surface area contributed by atoms with E-state index in [4.69, 9.17) is 4.74 Å². The second-order valence-electron chi connectivity index (χ2n) is 5.76. The van der Waals surface area contributed by atoms with Gasteiger partial charge in [0.2, 0.25) is 0 Å². The molecule has 0 spiro atoms. The number of esters is 1. The van der Waals surface area contributed by atoms with Gasteiger partial charge < -0.3 is 4.74 Å². The average molecular weight is 295 g/mol. The molecule has 0 bridgehead atoms. The zero-order chi connectivity index (χ0) is 15.6. The van der Waals surface area contributed by atoms with Crippen LogP contribution in [-0.2, 0) is 14.9 Å². The molecule has 1 unspecified atom stereocenters. The van der Waals surface area contributed by atoms with Crippen LogP contribution >= 0.6 is 0 Å². The van der Waals surface area contributed by atoms with Crippen LogP contribution in [0.3, 0.4) is 0 Å². The van der Waals surface area contributed by atoms with Crippen LogP contribution in [0.1, 0.15) is 44.2 Å². The molecule has 114 valence electrons. The van der Waals surface area contributed by atoms with Gasteiger partial charge in [-0.3, -0.25) is 9.78 Å². The fourth-order valence-electron chi connectivity index (χ4n) is 3.69. The predicted octanol–water partition coefficient (Wildman–Crippen LogP) is 4.10. The van der Waals surface area contributed by atoms with Gasteiger partial charge in [-0.2, -0.15) is 0 Å². The number of ether oxygens (including phenoxy) is 1. The van der Waals surface area contributed by atoms with Crippen LogP contribution in [0.15, 0.2) is 42.6 Å². The molecule has 1 aromatic heterocycles. The Hall–Kier alpha value is -2.16. The summed E-state index contributed by atoms with van der Waals surface area (Å²) in [5.74, 6) is -0.137. The van der Waals surface area contributed by atoms with Gasteiger partial charge in [-0.05, 0) is 30.5 Å². The number of hydrogen-bond acceptors (Lipinski definition) is 3. The smallest absolute Gasteiger partial charge is 0.307 e. The fourth-order valence-corrected chi connectivity index (χ4v) is 3.69. The van der Waals surface area contributed by atoms with Gasteiger partial charge in [0.1, 0.15) is 0 Å². The molecule has 3 nitrogen and oxygen atoms in total. The molecular formula is C19H21NO2. The maximum atomic E-state index is 12.3. The van der Waals surface area contributed by atoms with Gasteiger partial charge in [0.05, 0.1) is 18.7 Å². The molecule has 0 saturated heterocycles. The normalized spacial score (nSPS) is 18.6. The number of fused-ring (bicyclic) bond motifs is 3. The number of carbonyl (C=O) groups excluding carboxylic acids is 1. The van der Waals surface area contributed by atoms with E-state index < -0.39 is 0 Å². The van der Waals surface area contributed by atoms with E-state index in [2.05, 4.69) is 30.1 Å². The zero-order valence-corrected chi connectivity index (χ0v) is 13.1. The van der Waals surface area contributed by atoms with E-state index in [1.165, 1.54) is 5.56 Å². The zero-order valence-electron chi connectivity index (χ0n) is 13.1. The first-order chi connectivity index (χ1) is 10.7. The van der Waals surface area contributed by atoms with E-state index in [9.17, 15) is 4.79 Å². The second-order valence-corrected chi connectivity index (χ2v) is 5.76. The lowest BCUT2D eigenvalue weighted by molar-refractivity contribution is -0.144. The van der Waals surface area contributed by atoms with Gasteiger partial charge >= 0.3 is 5.97 Å². The standard InChI is InChI=1S/C19H21NO2/c1-3-11-19(13-17(21)22-4-2)15-9-6-5-8-14(15)18-16(19)10-7-12-20-18/h5-10,12H,3-4,11,13H2,1-2H3. The number of benzene rings is 1. The van der Waals surface area contributed by atoms with Crippen molar-refractivity contribution >= 4 is 5.97 Å². The number of rotatable bonds is 5. The quantitative estimate of drug-likeness (QED) is 0.779. The Morgan fingerprint density at radius 1 is 1.14 bits per heavy atom. The van der Waals surface area contributed by atoms with Gasteiger partial charge in [-0.1, -0.05) is 43.7 Å². The number of pyridine rings is 1. The Balaban J connectivity index is 2.17.